The molecule has 34 heavy (non-hydrogen) atoms. The Bertz CT molecular complexity index is 1490. The topological polar surface area (TPSA) is 91.3 Å². The number of carbonyl (C=O) groups excluding carboxylic acids is 1. The minimum absolute atomic E-state index is 0.0754. The molecule has 0 radical (unpaired) electrons. The molecule has 1 fully saturated rings. The van der Waals surface area contributed by atoms with Crippen molar-refractivity contribution in [3.05, 3.63) is 91.6 Å². The monoisotopic (exact) mass is 483 g/mol. The van der Waals surface area contributed by atoms with Crippen molar-refractivity contribution in [1.29, 1.82) is 0 Å². The van der Waals surface area contributed by atoms with Crippen molar-refractivity contribution in [2.24, 2.45) is 0 Å². The zero-order valence-electron chi connectivity index (χ0n) is 17.8. The van der Waals surface area contributed by atoms with Gasteiger partial charge in [-0.15, -0.1) is 11.3 Å². The maximum atomic E-state index is 14.6. The Morgan fingerprint density at radius 3 is 2.59 bits per heavy atom. The largest absolute Gasteiger partial charge is 0.345 e. The highest BCUT2D eigenvalue weighted by Crippen LogP contribution is 2.21. The molecular weight excluding hydrogens is 464 g/mol. The highest BCUT2D eigenvalue weighted by Gasteiger charge is 2.25. The van der Waals surface area contributed by atoms with Gasteiger partial charge in [0.05, 0.1) is 23.0 Å². The lowest BCUT2D eigenvalue weighted by molar-refractivity contribution is 0.0742. The number of nitrogens with one attached hydrogen (secondary N) is 1. The van der Waals surface area contributed by atoms with Gasteiger partial charge in [0.25, 0.3) is 11.5 Å². The molecule has 5 rings (SSSR count). The van der Waals surface area contributed by atoms with Gasteiger partial charge in [-0.2, -0.15) is 0 Å². The second-order valence-corrected chi connectivity index (χ2v) is 8.76. The Labute approximate surface area is 195 Å². The van der Waals surface area contributed by atoms with Crippen molar-refractivity contribution in [2.75, 3.05) is 31.1 Å². The molecule has 11 heteroatoms. The fourth-order valence-corrected chi connectivity index (χ4v) is 4.81. The molecule has 8 nitrogen and oxygen atoms in total. The SMILES string of the molecule is O=C(c1cc(Cn2c(=O)[nH]c(=O)c3c(F)cccc32)ccc1F)N1CCN(c2nccs2)CC1. The summed E-state index contributed by atoms with van der Waals surface area (Å²) in [5.41, 5.74) is -1.07. The molecule has 1 saturated heterocycles. The lowest BCUT2D eigenvalue weighted by atomic mass is 10.1. The van der Waals surface area contributed by atoms with Crippen LogP contribution in [0.4, 0.5) is 13.9 Å². The molecule has 174 valence electrons. The van der Waals surface area contributed by atoms with Crippen molar-refractivity contribution >= 4 is 33.3 Å². The van der Waals surface area contributed by atoms with Crippen LogP contribution >= 0.6 is 11.3 Å². The van der Waals surface area contributed by atoms with Gasteiger partial charge in [0, 0.05) is 37.8 Å². The van der Waals surface area contributed by atoms with Crippen LogP contribution in [0.5, 0.6) is 0 Å². The molecule has 1 N–H and O–H groups in total. The van der Waals surface area contributed by atoms with E-state index in [1.165, 1.54) is 46.2 Å². The van der Waals surface area contributed by atoms with Crippen LogP contribution in [0.15, 0.2) is 57.6 Å². The normalized spacial score (nSPS) is 14.1. The van der Waals surface area contributed by atoms with Crippen LogP contribution in [0.1, 0.15) is 15.9 Å². The van der Waals surface area contributed by atoms with Gasteiger partial charge >= 0.3 is 5.69 Å². The Hall–Kier alpha value is -3.86. The third-order valence-corrected chi connectivity index (χ3v) is 6.67. The molecule has 1 aliphatic heterocycles. The van der Waals surface area contributed by atoms with E-state index in [1.54, 1.807) is 11.1 Å². The van der Waals surface area contributed by atoms with Crippen LogP contribution in [0.25, 0.3) is 10.9 Å². The summed E-state index contributed by atoms with van der Waals surface area (Å²) in [6.45, 7) is 1.94. The Morgan fingerprint density at radius 1 is 1.06 bits per heavy atom. The molecule has 4 aromatic rings. The number of rotatable bonds is 4. The molecule has 0 aliphatic carbocycles. The van der Waals surface area contributed by atoms with Gasteiger partial charge in [-0.25, -0.2) is 18.6 Å². The van der Waals surface area contributed by atoms with Crippen LogP contribution < -0.4 is 16.1 Å². The minimum atomic E-state index is -0.818. The third-order valence-electron chi connectivity index (χ3n) is 5.83. The molecule has 3 heterocycles. The molecule has 0 atom stereocenters. The van der Waals surface area contributed by atoms with E-state index in [0.29, 0.717) is 31.7 Å². The Kier molecular flexibility index (Phi) is 5.70. The summed E-state index contributed by atoms with van der Waals surface area (Å²) in [6, 6.07) is 8.02. The highest BCUT2D eigenvalue weighted by atomic mass is 32.1. The van der Waals surface area contributed by atoms with Crippen molar-refractivity contribution in [3.63, 3.8) is 0 Å². The number of piperazine rings is 1. The minimum Gasteiger partial charge on any atom is -0.345 e. The fourth-order valence-electron chi connectivity index (χ4n) is 4.12. The number of H-pyrrole nitrogens is 1. The smallest absolute Gasteiger partial charge is 0.329 e. The van der Waals surface area contributed by atoms with Gasteiger partial charge < -0.3 is 9.80 Å². The molecule has 0 unspecified atom stereocenters. The van der Waals surface area contributed by atoms with Crippen molar-refractivity contribution in [2.45, 2.75) is 6.54 Å². The molecule has 0 saturated carbocycles. The first kappa shape index (κ1) is 22.0. The number of amides is 1. The summed E-state index contributed by atoms with van der Waals surface area (Å²) in [7, 11) is 0. The van der Waals surface area contributed by atoms with Crippen molar-refractivity contribution in [3.8, 4) is 0 Å². The molecule has 0 bridgehead atoms. The average molecular weight is 484 g/mol. The number of hydrogen-bond donors (Lipinski definition) is 1. The first-order valence-electron chi connectivity index (χ1n) is 10.6. The van der Waals surface area contributed by atoms with E-state index in [0.717, 1.165) is 11.2 Å². The van der Waals surface area contributed by atoms with Crippen LogP contribution in [-0.2, 0) is 6.54 Å². The van der Waals surface area contributed by atoms with Gasteiger partial charge in [0.2, 0.25) is 0 Å². The van der Waals surface area contributed by atoms with E-state index in [9.17, 15) is 23.2 Å². The number of aromatic amines is 1. The third kappa shape index (κ3) is 3.98. The summed E-state index contributed by atoms with van der Waals surface area (Å²) in [5, 5.41) is 2.54. The summed E-state index contributed by atoms with van der Waals surface area (Å²) in [4.78, 5) is 47.7. The number of anilines is 1. The number of carbonyl (C=O) groups is 1. The maximum Gasteiger partial charge on any atom is 0.329 e. The molecule has 0 spiro atoms. The number of aromatic nitrogens is 3. The average Bonchev–Trinajstić information content (AvgIpc) is 3.37. The lowest BCUT2D eigenvalue weighted by Crippen LogP contribution is -2.49. The van der Waals surface area contributed by atoms with Crippen LogP contribution in [0.2, 0.25) is 0 Å². The summed E-state index contributed by atoms with van der Waals surface area (Å²) in [5.74, 6) is -1.86. The van der Waals surface area contributed by atoms with E-state index in [4.69, 9.17) is 0 Å². The van der Waals surface area contributed by atoms with Gasteiger partial charge in [0.1, 0.15) is 11.6 Å². The first-order chi connectivity index (χ1) is 16.4. The van der Waals surface area contributed by atoms with Crippen molar-refractivity contribution in [1.82, 2.24) is 19.4 Å². The van der Waals surface area contributed by atoms with E-state index < -0.39 is 28.8 Å². The van der Waals surface area contributed by atoms with E-state index in [2.05, 4.69) is 14.9 Å². The molecular formula is C23H19F2N5O3S. The number of fused-ring (bicyclic) bond motifs is 1. The molecule has 1 amide bonds. The van der Waals surface area contributed by atoms with E-state index in [1.807, 2.05) is 5.38 Å². The maximum absolute atomic E-state index is 14.6. The zero-order valence-corrected chi connectivity index (χ0v) is 18.6. The number of nitrogens with zero attached hydrogens (tertiary/aromatic N) is 4. The number of halogens is 2. The molecule has 2 aromatic heterocycles. The Morgan fingerprint density at radius 2 is 1.85 bits per heavy atom. The standard InChI is InChI=1S/C23H19F2N5O3S/c24-16-5-4-14(13-30-18-3-1-2-17(25)19(18)20(31)27-22(30)33)12-15(16)21(32)28-7-9-29(10-8-28)23-26-6-11-34-23/h1-6,11-12H,7-10,13H2,(H,27,31,33). The lowest BCUT2D eigenvalue weighted by Gasteiger charge is -2.34. The number of benzene rings is 2. The predicted molar refractivity (Wildman–Crippen MR) is 125 cm³/mol. The summed E-state index contributed by atoms with van der Waals surface area (Å²) < 4.78 is 30.0. The first-order valence-corrected chi connectivity index (χ1v) is 11.4. The second-order valence-electron chi connectivity index (χ2n) is 7.89. The quantitative estimate of drug-likeness (QED) is 0.482. The van der Waals surface area contributed by atoms with E-state index >= 15 is 0 Å². The molecule has 1 aliphatic rings. The van der Waals surface area contributed by atoms with Gasteiger partial charge in [-0.05, 0) is 29.8 Å². The number of thiazole rings is 1. The van der Waals surface area contributed by atoms with Crippen LogP contribution in [0.3, 0.4) is 0 Å². The van der Waals surface area contributed by atoms with E-state index in [-0.39, 0.29) is 23.0 Å². The van der Waals surface area contributed by atoms with Gasteiger partial charge in [0.15, 0.2) is 5.13 Å². The predicted octanol–water partition coefficient (Wildman–Crippen LogP) is 2.44. The van der Waals surface area contributed by atoms with Gasteiger partial charge in [-0.3, -0.25) is 19.1 Å². The van der Waals surface area contributed by atoms with Crippen LogP contribution in [-0.4, -0.2) is 51.5 Å². The zero-order chi connectivity index (χ0) is 23.8. The molecule has 2 aromatic carbocycles. The summed E-state index contributed by atoms with van der Waals surface area (Å²) >= 11 is 1.52. The second kappa shape index (κ2) is 8.82. The fraction of sp³-hybridized carbons (Fsp3) is 0.217. The van der Waals surface area contributed by atoms with Gasteiger partial charge in [-0.1, -0.05) is 12.1 Å². The van der Waals surface area contributed by atoms with Crippen LogP contribution in [0, 0.1) is 11.6 Å². The van der Waals surface area contributed by atoms with Crippen molar-refractivity contribution < 1.29 is 13.6 Å². The Balaban J connectivity index is 1.41. The summed E-state index contributed by atoms with van der Waals surface area (Å²) in [6.07, 6.45) is 1.73. The number of hydrogen-bond acceptors (Lipinski definition) is 6. The highest BCUT2D eigenvalue weighted by molar-refractivity contribution is 7.13.